The number of guanidine groups is 1. The monoisotopic (exact) mass is 363 g/mol. The molecular weight excluding hydrogens is 338 g/mol. The molecule has 136 valence electrons. The molecule has 1 aromatic carbocycles. The van der Waals surface area contributed by atoms with E-state index in [-0.39, 0.29) is 17.5 Å². The van der Waals surface area contributed by atoms with E-state index in [0.717, 1.165) is 36.4 Å². The van der Waals surface area contributed by atoms with Gasteiger partial charge >= 0.3 is 0 Å². The molecule has 2 N–H and O–H groups in total. The van der Waals surface area contributed by atoms with Gasteiger partial charge in [0.1, 0.15) is 5.82 Å². The number of nitrogens with one attached hydrogen (secondary N) is 2. The van der Waals surface area contributed by atoms with Crippen LogP contribution in [-0.4, -0.2) is 55.1 Å². The summed E-state index contributed by atoms with van der Waals surface area (Å²) in [5, 5.41) is 6.46. The molecular formula is C17H25N5O2S. The third kappa shape index (κ3) is 4.31. The predicted molar refractivity (Wildman–Crippen MR) is 101 cm³/mol. The van der Waals surface area contributed by atoms with Crippen molar-refractivity contribution < 1.29 is 8.42 Å². The number of sulfone groups is 1. The van der Waals surface area contributed by atoms with E-state index in [1.165, 1.54) is 0 Å². The Kier molecular flexibility index (Phi) is 5.27. The Morgan fingerprint density at radius 1 is 1.40 bits per heavy atom. The molecule has 1 aliphatic rings. The Bertz CT molecular complexity index is 872. The number of nitrogens with zero attached hydrogens (tertiary/aromatic N) is 3. The number of aromatic nitrogens is 2. The Balaban J connectivity index is 1.49. The Labute approximate surface area is 148 Å². The lowest BCUT2D eigenvalue weighted by molar-refractivity contribution is 0.598. The predicted octanol–water partition coefficient (Wildman–Crippen LogP) is 1.09. The molecule has 0 spiro atoms. The first kappa shape index (κ1) is 17.7. The fourth-order valence-electron chi connectivity index (χ4n) is 3.22. The molecule has 0 amide bonds. The Morgan fingerprint density at radius 2 is 2.20 bits per heavy atom. The topological polar surface area (TPSA) is 88.4 Å². The molecule has 1 unspecified atom stereocenters. The van der Waals surface area contributed by atoms with E-state index < -0.39 is 9.84 Å². The molecule has 1 saturated heterocycles. The van der Waals surface area contributed by atoms with Crippen molar-refractivity contribution in [1.82, 2.24) is 20.2 Å². The highest BCUT2D eigenvalue weighted by atomic mass is 32.2. The van der Waals surface area contributed by atoms with Gasteiger partial charge in [-0.15, -0.1) is 0 Å². The van der Waals surface area contributed by atoms with Crippen molar-refractivity contribution in [3.8, 4) is 0 Å². The minimum absolute atomic E-state index is 0.0453. The van der Waals surface area contributed by atoms with Crippen molar-refractivity contribution in [3.63, 3.8) is 0 Å². The van der Waals surface area contributed by atoms with Crippen LogP contribution in [0.2, 0.25) is 0 Å². The van der Waals surface area contributed by atoms with E-state index in [2.05, 4.69) is 31.2 Å². The highest BCUT2D eigenvalue weighted by Gasteiger charge is 2.28. The molecule has 1 aliphatic heterocycles. The minimum Gasteiger partial charge on any atom is -0.356 e. The van der Waals surface area contributed by atoms with Crippen LogP contribution in [0.3, 0.4) is 0 Å². The summed E-state index contributed by atoms with van der Waals surface area (Å²) < 4.78 is 25.3. The molecule has 0 aliphatic carbocycles. The maximum Gasteiger partial charge on any atom is 0.191 e. The molecule has 0 radical (unpaired) electrons. The van der Waals surface area contributed by atoms with Crippen LogP contribution in [0.25, 0.3) is 11.0 Å². The number of para-hydroxylation sites is 2. The lowest BCUT2D eigenvalue weighted by Crippen LogP contribution is -2.44. The minimum atomic E-state index is -2.89. The fraction of sp³-hybridized carbons (Fsp3) is 0.529. The third-order valence-corrected chi connectivity index (χ3v) is 6.26. The van der Waals surface area contributed by atoms with Gasteiger partial charge in [0, 0.05) is 26.2 Å². The van der Waals surface area contributed by atoms with Gasteiger partial charge in [0.15, 0.2) is 15.8 Å². The second-order valence-electron chi connectivity index (χ2n) is 6.40. The lowest BCUT2D eigenvalue weighted by atomic mass is 10.3. The molecule has 1 fully saturated rings. The second-order valence-corrected chi connectivity index (χ2v) is 8.62. The van der Waals surface area contributed by atoms with E-state index in [1.54, 1.807) is 7.05 Å². The van der Waals surface area contributed by atoms with Crippen LogP contribution < -0.4 is 10.6 Å². The smallest absolute Gasteiger partial charge is 0.191 e. The zero-order valence-electron chi connectivity index (χ0n) is 14.7. The number of rotatable bonds is 5. The van der Waals surface area contributed by atoms with Crippen molar-refractivity contribution in [2.75, 3.05) is 25.1 Å². The van der Waals surface area contributed by atoms with E-state index in [1.807, 2.05) is 25.1 Å². The Hall–Kier alpha value is -2.09. The van der Waals surface area contributed by atoms with Gasteiger partial charge in [-0.1, -0.05) is 12.1 Å². The number of fused-ring (bicyclic) bond motifs is 1. The molecule has 2 aromatic rings. The van der Waals surface area contributed by atoms with E-state index in [4.69, 9.17) is 0 Å². The van der Waals surface area contributed by atoms with Gasteiger partial charge < -0.3 is 15.2 Å². The average Bonchev–Trinajstić information content (AvgIpc) is 3.09. The summed E-state index contributed by atoms with van der Waals surface area (Å²) in [6, 6.07) is 8.09. The molecule has 0 bridgehead atoms. The van der Waals surface area contributed by atoms with Crippen LogP contribution in [0.15, 0.2) is 29.3 Å². The first-order valence-corrected chi connectivity index (χ1v) is 10.4. The third-order valence-electron chi connectivity index (χ3n) is 4.49. The summed E-state index contributed by atoms with van der Waals surface area (Å²) in [4.78, 5) is 8.76. The summed E-state index contributed by atoms with van der Waals surface area (Å²) in [6.07, 6.45) is 1.56. The second kappa shape index (κ2) is 7.43. The molecule has 1 atom stereocenters. The van der Waals surface area contributed by atoms with Gasteiger partial charge in [-0.3, -0.25) is 4.99 Å². The standard InChI is InChI=1S/C17H25N5O2S/c1-13-20-15-6-3-4-7-16(15)22(13)10-5-9-19-17(18-2)21-14-8-11-25(23,24)12-14/h3-4,6-7,14H,5,8-12H2,1-2H3,(H2,18,19,21). The van der Waals surface area contributed by atoms with Gasteiger partial charge in [-0.2, -0.15) is 0 Å². The molecule has 2 heterocycles. The van der Waals surface area contributed by atoms with Crippen molar-refractivity contribution in [1.29, 1.82) is 0 Å². The molecule has 8 heteroatoms. The van der Waals surface area contributed by atoms with Gasteiger partial charge in [0.2, 0.25) is 0 Å². The number of hydrogen-bond donors (Lipinski definition) is 2. The summed E-state index contributed by atoms with van der Waals surface area (Å²) >= 11 is 0. The summed E-state index contributed by atoms with van der Waals surface area (Å²) in [5.41, 5.74) is 2.17. The fourth-order valence-corrected chi connectivity index (χ4v) is 4.89. The summed E-state index contributed by atoms with van der Waals surface area (Å²) in [7, 11) is -1.18. The number of hydrogen-bond acceptors (Lipinski definition) is 4. The molecule has 25 heavy (non-hydrogen) atoms. The normalized spacial score (nSPS) is 20.1. The first-order chi connectivity index (χ1) is 12.0. The zero-order chi connectivity index (χ0) is 17.9. The maximum absolute atomic E-state index is 11.5. The average molecular weight is 363 g/mol. The van der Waals surface area contributed by atoms with Crippen molar-refractivity contribution in [3.05, 3.63) is 30.1 Å². The largest absolute Gasteiger partial charge is 0.356 e. The number of imidazole rings is 1. The lowest BCUT2D eigenvalue weighted by Gasteiger charge is -2.16. The number of benzene rings is 1. The van der Waals surface area contributed by atoms with E-state index >= 15 is 0 Å². The number of aliphatic imine (C=N–C) groups is 1. The molecule has 1 aromatic heterocycles. The van der Waals surface area contributed by atoms with Crippen LogP contribution >= 0.6 is 0 Å². The van der Waals surface area contributed by atoms with Crippen LogP contribution in [0.1, 0.15) is 18.7 Å². The first-order valence-electron chi connectivity index (χ1n) is 8.58. The van der Waals surface area contributed by atoms with E-state index in [0.29, 0.717) is 12.4 Å². The van der Waals surface area contributed by atoms with Gasteiger partial charge in [-0.25, -0.2) is 13.4 Å². The summed E-state index contributed by atoms with van der Waals surface area (Å²) in [6.45, 7) is 3.65. The quantitative estimate of drug-likeness (QED) is 0.472. The van der Waals surface area contributed by atoms with Gasteiger partial charge in [0.25, 0.3) is 0 Å². The van der Waals surface area contributed by atoms with Gasteiger partial charge in [-0.05, 0) is 31.9 Å². The van der Waals surface area contributed by atoms with Crippen molar-refractivity contribution in [2.45, 2.75) is 32.4 Å². The molecule has 3 rings (SSSR count). The maximum atomic E-state index is 11.5. The van der Waals surface area contributed by atoms with Crippen LogP contribution in [-0.2, 0) is 16.4 Å². The molecule has 0 saturated carbocycles. The van der Waals surface area contributed by atoms with Crippen molar-refractivity contribution in [2.24, 2.45) is 4.99 Å². The van der Waals surface area contributed by atoms with E-state index in [9.17, 15) is 8.42 Å². The van der Waals surface area contributed by atoms with Crippen LogP contribution in [0.5, 0.6) is 0 Å². The zero-order valence-corrected chi connectivity index (χ0v) is 15.5. The van der Waals surface area contributed by atoms with Gasteiger partial charge in [0.05, 0.1) is 22.5 Å². The summed E-state index contributed by atoms with van der Waals surface area (Å²) in [5.74, 6) is 2.12. The highest BCUT2D eigenvalue weighted by molar-refractivity contribution is 7.91. The molecule has 7 nitrogen and oxygen atoms in total. The Morgan fingerprint density at radius 3 is 2.92 bits per heavy atom. The van der Waals surface area contributed by atoms with Crippen LogP contribution in [0, 0.1) is 6.92 Å². The van der Waals surface area contributed by atoms with Crippen molar-refractivity contribution >= 4 is 26.8 Å². The SMILES string of the molecule is CN=C(NCCCn1c(C)nc2ccccc21)NC1CCS(=O)(=O)C1. The highest BCUT2D eigenvalue weighted by Crippen LogP contribution is 2.15. The van der Waals surface area contributed by atoms with Crippen LogP contribution in [0.4, 0.5) is 0 Å². The number of aryl methyl sites for hydroxylation is 2.